The SMILES string of the molecule is CCCCCCCC/C=C\C/C=C\CC(O)C(=O)NC(COC1OC(CO)C(O)C(O)C1O)C(O)C(O)CCCCCCCCCCCCCCCCCCCCC. The maximum atomic E-state index is 13.0. The largest absolute Gasteiger partial charge is 0.394 e. The molecule has 11 nitrogen and oxygen atoms in total. The lowest BCUT2D eigenvalue weighted by Crippen LogP contribution is -2.60. The van der Waals surface area contributed by atoms with Crippen molar-refractivity contribution >= 4 is 5.91 Å². The predicted molar refractivity (Wildman–Crippen MR) is 233 cm³/mol. The van der Waals surface area contributed by atoms with Gasteiger partial charge in [0.2, 0.25) is 5.91 Å². The molecule has 1 heterocycles. The molecule has 1 aliphatic rings. The molecule has 11 heteroatoms. The lowest BCUT2D eigenvalue weighted by atomic mass is 9.98. The average Bonchev–Trinajstić information content (AvgIpc) is 3.22. The van der Waals surface area contributed by atoms with Gasteiger partial charge < -0.3 is 50.5 Å². The third-order valence-corrected chi connectivity index (χ3v) is 11.5. The fraction of sp³-hybridized carbons (Fsp3) is 0.894. The van der Waals surface area contributed by atoms with Gasteiger partial charge in [-0.3, -0.25) is 4.79 Å². The predicted octanol–water partition coefficient (Wildman–Crippen LogP) is 7.84. The molecular formula is C47H89NO10. The number of hydrogen-bond acceptors (Lipinski definition) is 10. The highest BCUT2D eigenvalue weighted by Crippen LogP contribution is 2.23. The van der Waals surface area contributed by atoms with Gasteiger partial charge in [-0.05, 0) is 25.7 Å². The van der Waals surface area contributed by atoms with Crippen molar-refractivity contribution in [3.05, 3.63) is 24.3 Å². The van der Waals surface area contributed by atoms with E-state index in [1.165, 1.54) is 135 Å². The van der Waals surface area contributed by atoms with Gasteiger partial charge in [-0.15, -0.1) is 0 Å². The molecule has 0 bridgehead atoms. The Morgan fingerprint density at radius 3 is 1.59 bits per heavy atom. The van der Waals surface area contributed by atoms with E-state index in [2.05, 4.69) is 31.3 Å². The van der Waals surface area contributed by atoms with Crippen molar-refractivity contribution in [3.63, 3.8) is 0 Å². The summed E-state index contributed by atoms with van der Waals surface area (Å²) in [6.07, 6.45) is 29.6. The number of rotatable bonds is 39. The number of allylic oxidation sites excluding steroid dienone is 3. The molecule has 1 amide bonds. The Hall–Kier alpha value is -1.41. The molecule has 1 saturated heterocycles. The number of ether oxygens (including phenoxy) is 2. The molecule has 58 heavy (non-hydrogen) atoms. The third kappa shape index (κ3) is 26.7. The van der Waals surface area contributed by atoms with Crippen LogP contribution in [0.15, 0.2) is 24.3 Å². The molecule has 0 aliphatic carbocycles. The van der Waals surface area contributed by atoms with Crippen molar-refractivity contribution in [2.45, 2.75) is 255 Å². The van der Waals surface area contributed by atoms with E-state index in [-0.39, 0.29) is 6.42 Å². The highest BCUT2D eigenvalue weighted by atomic mass is 16.7. The summed E-state index contributed by atoms with van der Waals surface area (Å²) >= 11 is 0. The van der Waals surface area contributed by atoms with Crippen molar-refractivity contribution < 1.29 is 50.0 Å². The summed E-state index contributed by atoms with van der Waals surface area (Å²) in [6.45, 7) is 3.39. The lowest BCUT2D eigenvalue weighted by molar-refractivity contribution is -0.303. The van der Waals surface area contributed by atoms with E-state index in [4.69, 9.17) is 9.47 Å². The number of hydrogen-bond donors (Lipinski definition) is 8. The zero-order valence-corrected chi connectivity index (χ0v) is 36.8. The Kier molecular flexibility index (Phi) is 35.2. The van der Waals surface area contributed by atoms with E-state index < -0.39 is 74.2 Å². The van der Waals surface area contributed by atoms with Crippen LogP contribution in [0.1, 0.15) is 200 Å². The molecule has 0 saturated carbocycles. The second-order valence-electron chi connectivity index (χ2n) is 16.8. The van der Waals surface area contributed by atoms with Crippen LogP contribution >= 0.6 is 0 Å². The van der Waals surface area contributed by atoms with E-state index in [9.17, 15) is 40.5 Å². The molecule has 1 fully saturated rings. The Balaban J connectivity index is 2.45. The molecule has 9 atom stereocenters. The van der Waals surface area contributed by atoms with Crippen LogP contribution in [0, 0.1) is 0 Å². The van der Waals surface area contributed by atoms with Crippen molar-refractivity contribution in [3.8, 4) is 0 Å². The number of aliphatic hydroxyl groups excluding tert-OH is 7. The minimum Gasteiger partial charge on any atom is -0.394 e. The molecular weight excluding hydrogens is 739 g/mol. The molecule has 9 unspecified atom stereocenters. The molecule has 1 aliphatic heterocycles. The monoisotopic (exact) mass is 828 g/mol. The number of aliphatic hydroxyl groups is 7. The molecule has 0 aromatic rings. The van der Waals surface area contributed by atoms with Crippen molar-refractivity contribution in [2.24, 2.45) is 0 Å². The Morgan fingerprint density at radius 1 is 0.621 bits per heavy atom. The highest BCUT2D eigenvalue weighted by Gasteiger charge is 2.44. The summed E-state index contributed by atoms with van der Waals surface area (Å²) in [5, 5.41) is 75.5. The normalized spacial score (nSPS) is 22.1. The van der Waals surface area contributed by atoms with Gasteiger partial charge in [0.15, 0.2) is 6.29 Å². The van der Waals surface area contributed by atoms with E-state index in [0.717, 1.165) is 25.7 Å². The van der Waals surface area contributed by atoms with Crippen LogP contribution < -0.4 is 5.32 Å². The number of carbonyl (C=O) groups excluding carboxylic acids is 1. The molecule has 0 aromatic carbocycles. The molecule has 8 N–H and O–H groups in total. The smallest absolute Gasteiger partial charge is 0.249 e. The highest BCUT2D eigenvalue weighted by molar-refractivity contribution is 5.81. The van der Waals surface area contributed by atoms with Crippen LogP contribution in [0.5, 0.6) is 0 Å². The van der Waals surface area contributed by atoms with Crippen molar-refractivity contribution in [1.82, 2.24) is 5.32 Å². The van der Waals surface area contributed by atoms with Gasteiger partial charge in [-0.1, -0.05) is 192 Å². The summed E-state index contributed by atoms with van der Waals surface area (Å²) in [7, 11) is 0. The zero-order chi connectivity index (χ0) is 42.6. The summed E-state index contributed by atoms with van der Waals surface area (Å²) in [5.74, 6) is -0.764. The van der Waals surface area contributed by atoms with Gasteiger partial charge in [-0.25, -0.2) is 0 Å². The summed E-state index contributed by atoms with van der Waals surface area (Å²) < 4.78 is 11.1. The first-order chi connectivity index (χ1) is 28.2. The second kappa shape index (κ2) is 37.4. The van der Waals surface area contributed by atoms with Gasteiger partial charge in [0.25, 0.3) is 0 Å². The maximum absolute atomic E-state index is 13.0. The molecule has 0 radical (unpaired) electrons. The van der Waals surface area contributed by atoms with Gasteiger partial charge in [0.05, 0.1) is 25.4 Å². The number of carbonyl (C=O) groups is 1. The minimum absolute atomic E-state index is 0.0510. The van der Waals surface area contributed by atoms with E-state index in [0.29, 0.717) is 19.3 Å². The number of unbranched alkanes of at least 4 members (excludes halogenated alkanes) is 24. The number of amides is 1. The fourth-order valence-electron chi connectivity index (χ4n) is 7.54. The van der Waals surface area contributed by atoms with Crippen LogP contribution in [-0.4, -0.2) is 110 Å². The molecule has 342 valence electrons. The quantitative estimate of drug-likeness (QED) is 0.0224. The molecule has 0 spiro atoms. The Morgan fingerprint density at radius 2 is 1.09 bits per heavy atom. The van der Waals surface area contributed by atoms with Crippen LogP contribution in [0.3, 0.4) is 0 Å². The van der Waals surface area contributed by atoms with Crippen LogP contribution in [0.4, 0.5) is 0 Å². The van der Waals surface area contributed by atoms with Crippen LogP contribution in [-0.2, 0) is 14.3 Å². The lowest BCUT2D eigenvalue weighted by Gasteiger charge is -2.40. The average molecular weight is 828 g/mol. The summed E-state index contributed by atoms with van der Waals surface area (Å²) in [6, 6.07) is -1.20. The van der Waals surface area contributed by atoms with Crippen LogP contribution in [0.25, 0.3) is 0 Å². The first kappa shape index (κ1) is 54.6. The molecule has 1 rings (SSSR count). The topological polar surface area (TPSA) is 189 Å². The van der Waals surface area contributed by atoms with E-state index in [1.54, 1.807) is 6.08 Å². The van der Waals surface area contributed by atoms with Gasteiger partial charge in [0.1, 0.15) is 36.6 Å². The standard InChI is InChI=1S/C47H89NO10/c1-3-5-7-9-11-13-15-17-18-19-20-21-22-23-25-26-28-30-32-34-39(50)42(52)38(37-57-47-45(55)44(54)43(53)41(36-49)58-47)48-46(56)40(51)35-33-31-29-27-24-16-14-12-10-8-6-4-2/h24,27,31,33,38-45,47,49-55H,3-23,25-26,28-30,32,34-37H2,1-2H3,(H,48,56)/b27-24-,33-31-. The Labute approximate surface area is 353 Å². The van der Waals surface area contributed by atoms with E-state index >= 15 is 0 Å². The Bertz CT molecular complexity index is 997. The van der Waals surface area contributed by atoms with E-state index in [1.807, 2.05) is 6.08 Å². The van der Waals surface area contributed by atoms with Crippen molar-refractivity contribution in [1.29, 1.82) is 0 Å². The first-order valence-corrected chi connectivity index (χ1v) is 23.7. The first-order valence-electron chi connectivity index (χ1n) is 23.7. The summed E-state index contributed by atoms with van der Waals surface area (Å²) in [5.41, 5.74) is 0. The van der Waals surface area contributed by atoms with Gasteiger partial charge in [-0.2, -0.15) is 0 Å². The zero-order valence-electron chi connectivity index (χ0n) is 36.8. The number of nitrogens with one attached hydrogen (secondary N) is 1. The fourth-order valence-corrected chi connectivity index (χ4v) is 7.54. The van der Waals surface area contributed by atoms with Crippen molar-refractivity contribution in [2.75, 3.05) is 13.2 Å². The minimum atomic E-state index is -1.67. The van der Waals surface area contributed by atoms with Gasteiger partial charge >= 0.3 is 0 Å². The van der Waals surface area contributed by atoms with Gasteiger partial charge in [0, 0.05) is 6.42 Å². The third-order valence-electron chi connectivity index (χ3n) is 11.5. The molecule has 0 aromatic heterocycles. The van der Waals surface area contributed by atoms with Crippen LogP contribution in [0.2, 0.25) is 0 Å². The summed E-state index contributed by atoms with van der Waals surface area (Å²) in [4.78, 5) is 13.0. The second-order valence-corrected chi connectivity index (χ2v) is 16.8. The maximum Gasteiger partial charge on any atom is 0.249 e.